The molecule has 2 aromatic carbocycles. The van der Waals surface area contributed by atoms with E-state index in [0.29, 0.717) is 6.54 Å². The molecule has 0 radical (unpaired) electrons. The predicted octanol–water partition coefficient (Wildman–Crippen LogP) is 4.20. The zero-order chi connectivity index (χ0) is 19.5. The number of nitrogens with zero attached hydrogens (tertiary/aromatic N) is 3. The summed E-state index contributed by atoms with van der Waals surface area (Å²) in [5, 5.41) is 12.6. The maximum absolute atomic E-state index is 12.1. The Balaban J connectivity index is 1.58. The van der Waals surface area contributed by atoms with E-state index >= 15 is 0 Å². The van der Waals surface area contributed by atoms with E-state index in [0.717, 1.165) is 35.3 Å². The van der Waals surface area contributed by atoms with Crippen LogP contribution in [0, 0.1) is 19.8 Å². The number of benzene rings is 2. The molecule has 1 saturated carbocycles. The van der Waals surface area contributed by atoms with Crippen LogP contribution in [0.15, 0.2) is 53.7 Å². The predicted molar refractivity (Wildman–Crippen MR) is 111 cm³/mol. The lowest BCUT2D eigenvalue weighted by Gasteiger charge is -2.12. The molecule has 1 aliphatic rings. The third-order valence-corrected chi connectivity index (χ3v) is 5.96. The Kier molecular flexibility index (Phi) is 5.48. The first kappa shape index (κ1) is 18.7. The van der Waals surface area contributed by atoms with Crippen LogP contribution in [0.4, 0.5) is 0 Å². The van der Waals surface area contributed by atoms with Crippen molar-refractivity contribution in [1.82, 2.24) is 20.1 Å². The van der Waals surface area contributed by atoms with Crippen molar-refractivity contribution >= 4 is 17.7 Å². The van der Waals surface area contributed by atoms with E-state index in [4.69, 9.17) is 0 Å². The molecule has 3 aromatic rings. The van der Waals surface area contributed by atoms with Gasteiger partial charge >= 0.3 is 0 Å². The van der Waals surface area contributed by atoms with Crippen LogP contribution in [0.25, 0.3) is 5.69 Å². The third-order valence-electron chi connectivity index (χ3n) is 4.98. The third kappa shape index (κ3) is 4.28. The lowest BCUT2D eigenvalue weighted by Crippen LogP contribution is -2.25. The number of amides is 1. The number of aromatic nitrogens is 3. The Morgan fingerprint density at radius 2 is 1.86 bits per heavy atom. The molecule has 0 saturated heterocycles. The van der Waals surface area contributed by atoms with Crippen LogP contribution < -0.4 is 5.32 Å². The highest BCUT2D eigenvalue weighted by molar-refractivity contribution is 7.98. The van der Waals surface area contributed by atoms with Crippen molar-refractivity contribution in [2.24, 2.45) is 5.92 Å². The monoisotopic (exact) mass is 392 g/mol. The highest BCUT2D eigenvalue weighted by atomic mass is 32.2. The standard InChI is InChI=1S/C22H24N4OS/c1-15-7-11-19(12-8-15)26-20(13-23-21(27)17-9-10-17)24-25-22(26)28-14-18-6-4-3-5-16(18)2/h3-8,11-12,17H,9-10,13-14H2,1-2H3,(H,23,27). The molecule has 0 unspecified atom stereocenters. The molecule has 5 nitrogen and oxygen atoms in total. The van der Waals surface area contributed by atoms with Crippen LogP contribution in [-0.4, -0.2) is 20.7 Å². The molecule has 1 fully saturated rings. The van der Waals surface area contributed by atoms with E-state index in [9.17, 15) is 4.79 Å². The average molecular weight is 393 g/mol. The maximum atomic E-state index is 12.1. The molecule has 0 aliphatic heterocycles. The number of hydrogen-bond donors (Lipinski definition) is 1. The summed E-state index contributed by atoms with van der Waals surface area (Å²) in [6.45, 7) is 4.58. The van der Waals surface area contributed by atoms with Crippen LogP contribution in [0.5, 0.6) is 0 Å². The Morgan fingerprint density at radius 1 is 1.11 bits per heavy atom. The van der Waals surface area contributed by atoms with Crippen LogP contribution in [0.2, 0.25) is 0 Å². The van der Waals surface area contributed by atoms with E-state index in [-0.39, 0.29) is 11.8 Å². The SMILES string of the molecule is Cc1ccc(-n2c(CNC(=O)C3CC3)nnc2SCc2ccccc2C)cc1. The normalized spacial score (nSPS) is 13.5. The minimum Gasteiger partial charge on any atom is -0.349 e. The van der Waals surface area contributed by atoms with Gasteiger partial charge in [0, 0.05) is 17.4 Å². The van der Waals surface area contributed by atoms with Gasteiger partial charge in [0.05, 0.1) is 6.54 Å². The average Bonchev–Trinajstić information content (AvgIpc) is 3.47. The summed E-state index contributed by atoms with van der Waals surface area (Å²) in [4.78, 5) is 12.1. The fourth-order valence-electron chi connectivity index (χ4n) is 3.03. The Morgan fingerprint density at radius 3 is 2.57 bits per heavy atom. The van der Waals surface area contributed by atoms with Gasteiger partial charge in [-0.25, -0.2) is 0 Å². The molecule has 6 heteroatoms. The van der Waals surface area contributed by atoms with Crippen molar-refractivity contribution in [2.75, 3.05) is 0 Å². The van der Waals surface area contributed by atoms with E-state index in [1.807, 2.05) is 0 Å². The Bertz CT molecular complexity index is 976. The van der Waals surface area contributed by atoms with Crippen molar-refractivity contribution < 1.29 is 4.79 Å². The Hall–Kier alpha value is -2.60. The zero-order valence-electron chi connectivity index (χ0n) is 16.2. The molecule has 144 valence electrons. The highest BCUT2D eigenvalue weighted by Gasteiger charge is 2.29. The largest absolute Gasteiger partial charge is 0.349 e. The number of nitrogens with one attached hydrogen (secondary N) is 1. The second kappa shape index (κ2) is 8.19. The molecule has 4 rings (SSSR count). The molecule has 1 aromatic heterocycles. The molecular weight excluding hydrogens is 368 g/mol. The van der Waals surface area contributed by atoms with Gasteiger partial charge in [0.2, 0.25) is 5.91 Å². The lowest BCUT2D eigenvalue weighted by molar-refractivity contribution is -0.122. The van der Waals surface area contributed by atoms with Gasteiger partial charge < -0.3 is 5.32 Å². The van der Waals surface area contributed by atoms with Crippen molar-refractivity contribution in [3.8, 4) is 5.69 Å². The summed E-state index contributed by atoms with van der Waals surface area (Å²) < 4.78 is 2.05. The van der Waals surface area contributed by atoms with Crippen LogP contribution in [0.1, 0.15) is 35.4 Å². The first-order valence-electron chi connectivity index (χ1n) is 9.58. The summed E-state index contributed by atoms with van der Waals surface area (Å²) in [6, 6.07) is 16.7. The van der Waals surface area contributed by atoms with Gasteiger partial charge in [-0.2, -0.15) is 0 Å². The fourth-order valence-corrected chi connectivity index (χ4v) is 4.08. The molecule has 0 bridgehead atoms. The van der Waals surface area contributed by atoms with Crippen LogP contribution in [0.3, 0.4) is 0 Å². The van der Waals surface area contributed by atoms with Gasteiger partial charge in [0.25, 0.3) is 0 Å². The number of carbonyl (C=O) groups excluding carboxylic acids is 1. The summed E-state index contributed by atoms with van der Waals surface area (Å²) in [7, 11) is 0. The van der Waals surface area contributed by atoms with Crippen molar-refractivity contribution in [2.45, 2.75) is 44.1 Å². The van der Waals surface area contributed by atoms with E-state index in [1.54, 1.807) is 11.8 Å². The van der Waals surface area contributed by atoms with E-state index in [2.05, 4.69) is 82.5 Å². The molecule has 1 N–H and O–H groups in total. The van der Waals surface area contributed by atoms with Gasteiger partial charge in [-0.1, -0.05) is 53.7 Å². The van der Waals surface area contributed by atoms with E-state index < -0.39 is 0 Å². The highest BCUT2D eigenvalue weighted by Crippen LogP contribution is 2.29. The second-order valence-electron chi connectivity index (χ2n) is 7.28. The zero-order valence-corrected chi connectivity index (χ0v) is 17.0. The Labute approximate surface area is 169 Å². The van der Waals surface area contributed by atoms with Crippen LogP contribution >= 0.6 is 11.8 Å². The molecular formula is C22H24N4OS. The fraction of sp³-hybridized carbons (Fsp3) is 0.318. The number of aryl methyl sites for hydroxylation is 2. The topological polar surface area (TPSA) is 59.8 Å². The van der Waals surface area contributed by atoms with E-state index in [1.165, 1.54) is 16.7 Å². The first-order chi connectivity index (χ1) is 13.6. The van der Waals surface area contributed by atoms with Gasteiger partial charge in [-0.05, 0) is 49.9 Å². The smallest absolute Gasteiger partial charge is 0.223 e. The summed E-state index contributed by atoms with van der Waals surface area (Å²) >= 11 is 1.66. The van der Waals surface area contributed by atoms with Gasteiger partial charge in [0.15, 0.2) is 11.0 Å². The van der Waals surface area contributed by atoms with Crippen molar-refractivity contribution in [3.63, 3.8) is 0 Å². The minimum absolute atomic E-state index is 0.118. The molecule has 1 heterocycles. The second-order valence-corrected chi connectivity index (χ2v) is 8.22. The first-order valence-corrected chi connectivity index (χ1v) is 10.6. The lowest BCUT2D eigenvalue weighted by atomic mass is 10.1. The summed E-state index contributed by atoms with van der Waals surface area (Å²) in [5.41, 5.74) is 4.77. The number of thioether (sulfide) groups is 1. The van der Waals surface area contributed by atoms with Gasteiger partial charge in [-0.3, -0.25) is 9.36 Å². The van der Waals surface area contributed by atoms with Gasteiger partial charge in [0.1, 0.15) is 0 Å². The number of carbonyl (C=O) groups is 1. The van der Waals surface area contributed by atoms with Crippen LogP contribution in [-0.2, 0) is 17.1 Å². The summed E-state index contributed by atoms with van der Waals surface area (Å²) in [5.74, 6) is 1.88. The van der Waals surface area contributed by atoms with Gasteiger partial charge in [-0.15, -0.1) is 10.2 Å². The molecule has 1 amide bonds. The molecule has 0 atom stereocenters. The minimum atomic E-state index is 0.118. The maximum Gasteiger partial charge on any atom is 0.223 e. The summed E-state index contributed by atoms with van der Waals surface area (Å²) in [6.07, 6.45) is 1.99. The number of hydrogen-bond acceptors (Lipinski definition) is 4. The molecule has 1 aliphatic carbocycles. The van der Waals surface area contributed by atoms with Crippen molar-refractivity contribution in [1.29, 1.82) is 0 Å². The number of rotatable bonds is 7. The quantitative estimate of drug-likeness (QED) is 0.612. The van der Waals surface area contributed by atoms with Crippen molar-refractivity contribution in [3.05, 3.63) is 71.0 Å². The molecule has 28 heavy (non-hydrogen) atoms. The molecule has 0 spiro atoms.